The van der Waals surface area contributed by atoms with Crippen LogP contribution >= 0.6 is 0 Å². The molecule has 1 aliphatic rings. The lowest BCUT2D eigenvalue weighted by Crippen LogP contribution is -2.33. The Labute approximate surface area is 116 Å². The number of hydrogen-bond donors (Lipinski definition) is 1. The first-order chi connectivity index (χ1) is 9.66. The second-order valence-corrected chi connectivity index (χ2v) is 4.45. The Bertz CT molecular complexity index is 530. The molecule has 0 bridgehead atoms. The lowest BCUT2D eigenvalue weighted by atomic mass is 10.1. The maximum absolute atomic E-state index is 11.7. The van der Waals surface area contributed by atoms with Crippen LogP contribution in [0.3, 0.4) is 0 Å². The van der Waals surface area contributed by atoms with E-state index in [2.05, 4.69) is 10.1 Å². The number of ether oxygens (including phenoxy) is 1. The molecule has 1 aliphatic heterocycles. The average Bonchev–Trinajstić information content (AvgIpc) is 3.00. The van der Waals surface area contributed by atoms with Crippen molar-refractivity contribution in [1.29, 1.82) is 0 Å². The molecule has 0 amide bonds. The van der Waals surface area contributed by atoms with Crippen LogP contribution in [0.15, 0.2) is 42.5 Å². The Morgan fingerprint density at radius 2 is 1.90 bits per heavy atom. The van der Waals surface area contributed by atoms with Crippen molar-refractivity contribution in [2.45, 2.75) is 18.9 Å². The zero-order valence-electron chi connectivity index (χ0n) is 10.9. The van der Waals surface area contributed by atoms with Crippen LogP contribution in [0.1, 0.15) is 23.2 Å². The number of hydrogen-bond acceptors (Lipinski definition) is 5. The van der Waals surface area contributed by atoms with Crippen LogP contribution in [0, 0.1) is 0 Å². The summed E-state index contributed by atoms with van der Waals surface area (Å²) in [5, 5.41) is 2.93. The smallest absolute Gasteiger partial charge is 0.338 e. The Morgan fingerprint density at radius 1 is 1.15 bits per heavy atom. The largest absolute Gasteiger partial charge is 0.389 e. The molecule has 5 heteroatoms. The van der Waals surface area contributed by atoms with Gasteiger partial charge in [-0.05, 0) is 25.5 Å². The standard InChI is InChI=1S/C15H15NO4/c17-13(11-5-2-1-3-6-11)8-9-14(18)20-15(19)12-7-4-10-16-12/h1-3,5-6,8-9,12,16H,4,7,10H2/t12-/m0/s1. The van der Waals surface area contributed by atoms with E-state index >= 15 is 0 Å². The van der Waals surface area contributed by atoms with Crippen LogP contribution in [-0.2, 0) is 14.3 Å². The highest BCUT2D eigenvalue weighted by atomic mass is 16.6. The van der Waals surface area contributed by atoms with Crippen molar-refractivity contribution in [1.82, 2.24) is 5.32 Å². The SMILES string of the molecule is O=C(C=CC(=O)c1ccccc1)OC(=O)[C@@H]1CCCN1. The van der Waals surface area contributed by atoms with Gasteiger partial charge in [-0.1, -0.05) is 30.3 Å². The quantitative estimate of drug-likeness (QED) is 0.387. The Morgan fingerprint density at radius 3 is 2.55 bits per heavy atom. The fourth-order valence-corrected chi connectivity index (χ4v) is 1.93. The maximum Gasteiger partial charge on any atom is 0.338 e. The zero-order valence-corrected chi connectivity index (χ0v) is 10.9. The molecule has 104 valence electrons. The molecule has 1 aromatic carbocycles. The second-order valence-electron chi connectivity index (χ2n) is 4.45. The molecular weight excluding hydrogens is 258 g/mol. The van der Waals surface area contributed by atoms with Crippen LogP contribution in [0.5, 0.6) is 0 Å². The van der Waals surface area contributed by atoms with Crippen LogP contribution in [0.4, 0.5) is 0 Å². The van der Waals surface area contributed by atoms with Crippen LogP contribution in [-0.4, -0.2) is 30.3 Å². The van der Waals surface area contributed by atoms with Crippen molar-refractivity contribution < 1.29 is 19.1 Å². The molecule has 0 saturated carbocycles. The third kappa shape index (κ3) is 3.86. The zero-order chi connectivity index (χ0) is 14.4. The van der Waals surface area contributed by atoms with E-state index in [1.807, 2.05) is 0 Å². The molecule has 1 atom stereocenters. The van der Waals surface area contributed by atoms with Crippen molar-refractivity contribution in [3.63, 3.8) is 0 Å². The van der Waals surface area contributed by atoms with Crippen LogP contribution < -0.4 is 5.32 Å². The number of carbonyl (C=O) groups is 3. The van der Waals surface area contributed by atoms with Gasteiger partial charge in [-0.3, -0.25) is 4.79 Å². The normalized spacial score (nSPS) is 18.1. The summed E-state index contributed by atoms with van der Waals surface area (Å²) in [4.78, 5) is 34.7. The molecule has 1 N–H and O–H groups in total. The van der Waals surface area contributed by atoms with Crippen molar-refractivity contribution in [2.24, 2.45) is 0 Å². The van der Waals surface area contributed by atoms with Gasteiger partial charge in [-0.2, -0.15) is 0 Å². The molecule has 0 aromatic heterocycles. The molecule has 0 radical (unpaired) electrons. The summed E-state index contributed by atoms with van der Waals surface area (Å²) in [5.41, 5.74) is 0.473. The van der Waals surface area contributed by atoms with E-state index in [0.717, 1.165) is 25.1 Å². The maximum atomic E-state index is 11.7. The summed E-state index contributed by atoms with van der Waals surface area (Å²) in [6.07, 6.45) is 3.63. The first-order valence-electron chi connectivity index (χ1n) is 6.43. The van der Waals surface area contributed by atoms with Gasteiger partial charge in [0.1, 0.15) is 6.04 Å². The lowest BCUT2D eigenvalue weighted by Gasteiger charge is -2.06. The monoisotopic (exact) mass is 273 g/mol. The number of esters is 2. The first-order valence-corrected chi connectivity index (χ1v) is 6.43. The molecule has 5 nitrogen and oxygen atoms in total. The number of benzene rings is 1. The van der Waals surface area contributed by atoms with E-state index in [4.69, 9.17) is 0 Å². The van der Waals surface area contributed by atoms with E-state index < -0.39 is 18.0 Å². The van der Waals surface area contributed by atoms with E-state index in [9.17, 15) is 14.4 Å². The van der Waals surface area contributed by atoms with E-state index in [0.29, 0.717) is 12.0 Å². The predicted molar refractivity (Wildman–Crippen MR) is 72.0 cm³/mol. The van der Waals surface area contributed by atoms with Crippen molar-refractivity contribution in [3.05, 3.63) is 48.0 Å². The van der Waals surface area contributed by atoms with Gasteiger partial charge >= 0.3 is 11.9 Å². The third-order valence-corrected chi connectivity index (χ3v) is 2.98. The summed E-state index contributed by atoms with van der Waals surface area (Å²) in [6, 6.07) is 8.12. The average molecular weight is 273 g/mol. The van der Waals surface area contributed by atoms with E-state index in [1.165, 1.54) is 0 Å². The molecule has 1 fully saturated rings. The molecule has 1 heterocycles. The summed E-state index contributed by atoms with van der Waals surface area (Å²) >= 11 is 0. The molecule has 0 spiro atoms. The molecule has 0 unspecified atom stereocenters. The van der Waals surface area contributed by atoms with Crippen LogP contribution in [0.25, 0.3) is 0 Å². The minimum Gasteiger partial charge on any atom is -0.389 e. The number of allylic oxidation sites excluding steroid dienone is 1. The molecular formula is C15H15NO4. The first kappa shape index (κ1) is 14.1. The van der Waals surface area contributed by atoms with Gasteiger partial charge < -0.3 is 10.1 Å². The predicted octanol–water partition coefficient (Wildman–Crippen LogP) is 1.25. The topological polar surface area (TPSA) is 72.5 Å². The van der Waals surface area contributed by atoms with Crippen molar-refractivity contribution in [3.8, 4) is 0 Å². The fraction of sp³-hybridized carbons (Fsp3) is 0.267. The van der Waals surface area contributed by atoms with Crippen LogP contribution in [0.2, 0.25) is 0 Å². The Hall–Kier alpha value is -2.27. The van der Waals surface area contributed by atoms with Gasteiger partial charge in [0, 0.05) is 11.6 Å². The highest BCUT2D eigenvalue weighted by Gasteiger charge is 2.24. The number of ketones is 1. The molecule has 20 heavy (non-hydrogen) atoms. The number of rotatable bonds is 4. The summed E-state index contributed by atoms with van der Waals surface area (Å²) in [7, 11) is 0. The van der Waals surface area contributed by atoms with Gasteiger partial charge in [0.05, 0.1) is 0 Å². The minimum atomic E-state index is -0.826. The Balaban J connectivity index is 1.86. The van der Waals surface area contributed by atoms with Gasteiger partial charge in [0.15, 0.2) is 5.78 Å². The summed E-state index contributed by atoms with van der Waals surface area (Å²) < 4.78 is 4.64. The lowest BCUT2D eigenvalue weighted by molar-refractivity contribution is -0.157. The van der Waals surface area contributed by atoms with Gasteiger partial charge in [0.2, 0.25) is 0 Å². The Kier molecular flexibility index (Phi) is 4.79. The highest BCUT2D eigenvalue weighted by molar-refractivity contribution is 6.07. The van der Waals surface area contributed by atoms with Crippen molar-refractivity contribution in [2.75, 3.05) is 6.54 Å². The molecule has 1 saturated heterocycles. The third-order valence-electron chi connectivity index (χ3n) is 2.98. The fourth-order valence-electron chi connectivity index (χ4n) is 1.93. The highest BCUT2D eigenvalue weighted by Crippen LogP contribution is 2.07. The van der Waals surface area contributed by atoms with Crippen molar-refractivity contribution >= 4 is 17.7 Å². The summed E-state index contributed by atoms with van der Waals surface area (Å²) in [5.74, 6) is -1.73. The number of carbonyl (C=O) groups excluding carboxylic acids is 3. The number of nitrogens with one attached hydrogen (secondary N) is 1. The van der Waals surface area contributed by atoms with Gasteiger partial charge in [0.25, 0.3) is 0 Å². The summed E-state index contributed by atoms with van der Waals surface area (Å²) in [6.45, 7) is 0.746. The minimum absolute atomic E-state index is 0.311. The van der Waals surface area contributed by atoms with E-state index in [1.54, 1.807) is 30.3 Å². The van der Waals surface area contributed by atoms with Gasteiger partial charge in [-0.25, -0.2) is 9.59 Å². The molecule has 2 rings (SSSR count). The van der Waals surface area contributed by atoms with Gasteiger partial charge in [-0.15, -0.1) is 0 Å². The molecule has 0 aliphatic carbocycles. The van der Waals surface area contributed by atoms with E-state index in [-0.39, 0.29) is 5.78 Å². The molecule has 1 aromatic rings. The second kappa shape index (κ2) is 6.77.